The van der Waals surface area contributed by atoms with Gasteiger partial charge in [-0.15, -0.1) is 0 Å². The SMILES string of the molecule is C1=CC2CC=C(C3=c4ccc(C5C=c6oc7c(c6=CC5)-c5ccccc5CC7)cc4=C(c4ccc5ccccc5c4)C4C=CC=CC34)CC2C=C1. The van der Waals surface area contributed by atoms with E-state index in [-0.39, 0.29) is 11.8 Å². The van der Waals surface area contributed by atoms with Crippen LogP contribution in [0.2, 0.25) is 0 Å². The molecule has 0 aliphatic heterocycles. The average molecular weight is 657 g/mol. The van der Waals surface area contributed by atoms with E-state index in [0.717, 1.165) is 43.3 Å². The van der Waals surface area contributed by atoms with Crippen molar-refractivity contribution in [2.24, 2.45) is 23.7 Å². The number of hydrogen-bond acceptors (Lipinski definition) is 1. The lowest BCUT2D eigenvalue weighted by molar-refractivity contribution is 0.450. The Morgan fingerprint density at radius 1 is 0.608 bits per heavy atom. The van der Waals surface area contributed by atoms with Gasteiger partial charge in [0.1, 0.15) is 11.2 Å². The van der Waals surface area contributed by atoms with Gasteiger partial charge < -0.3 is 4.42 Å². The van der Waals surface area contributed by atoms with E-state index in [9.17, 15) is 0 Å². The van der Waals surface area contributed by atoms with E-state index in [0.29, 0.717) is 17.8 Å². The van der Waals surface area contributed by atoms with Crippen LogP contribution in [0.1, 0.15) is 47.6 Å². The first-order valence-electron chi connectivity index (χ1n) is 19.0. The zero-order valence-corrected chi connectivity index (χ0v) is 28.8. The summed E-state index contributed by atoms with van der Waals surface area (Å²) in [6, 6.07) is 32.2. The number of rotatable bonds is 3. The monoisotopic (exact) mass is 656 g/mol. The van der Waals surface area contributed by atoms with Gasteiger partial charge in [-0.3, -0.25) is 0 Å². The first-order valence-corrected chi connectivity index (χ1v) is 19.0. The third-order valence-corrected chi connectivity index (χ3v) is 12.6. The van der Waals surface area contributed by atoms with E-state index in [4.69, 9.17) is 4.42 Å². The number of hydrogen-bond donors (Lipinski definition) is 0. The molecule has 0 fully saturated rings. The van der Waals surface area contributed by atoms with Gasteiger partial charge in [0.05, 0.1) is 0 Å². The van der Waals surface area contributed by atoms with Gasteiger partial charge in [-0.05, 0) is 110 Å². The van der Waals surface area contributed by atoms with Gasteiger partial charge in [0.25, 0.3) is 0 Å². The predicted octanol–water partition coefficient (Wildman–Crippen LogP) is 8.75. The van der Waals surface area contributed by atoms with Crippen LogP contribution in [0.25, 0.3) is 45.2 Å². The fraction of sp³-hybridized carbons (Fsp3) is 0.200. The van der Waals surface area contributed by atoms with Crippen molar-refractivity contribution in [3.05, 3.63) is 189 Å². The van der Waals surface area contributed by atoms with Crippen LogP contribution in [-0.2, 0) is 12.8 Å². The Hall–Kier alpha value is -5.40. The average Bonchev–Trinajstić information content (AvgIpc) is 3.58. The minimum Gasteiger partial charge on any atom is -0.461 e. The summed E-state index contributed by atoms with van der Waals surface area (Å²) in [4.78, 5) is 0. The topological polar surface area (TPSA) is 13.1 Å². The van der Waals surface area contributed by atoms with Crippen LogP contribution in [0, 0.1) is 23.7 Å². The third kappa shape index (κ3) is 4.67. The second-order valence-electron chi connectivity index (χ2n) is 15.3. The molecule has 1 heterocycles. The van der Waals surface area contributed by atoms with Crippen LogP contribution in [0.4, 0.5) is 0 Å². The molecule has 0 spiro atoms. The normalized spacial score (nSPS) is 25.1. The number of fused-ring (bicyclic) bond motifs is 9. The smallest absolute Gasteiger partial charge is 0.131 e. The van der Waals surface area contributed by atoms with Crippen molar-refractivity contribution in [2.75, 3.05) is 0 Å². The molecule has 0 saturated carbocycles. The molecule has 6 aliphatic rings. The first-order chi connectivity index (χ1) is 25.3. The second-order valence-corrected chi connectivity index (χ2v) is 15.3. The molecule has 51 heavy (non-hydrogen) atoms. The molecule has 0 amide bonds. The quantitative estimate of drug-likeness (QED) is 0.189. The van der Waals surface area contributed by atoms with Gasteiger partial charge >= 0.3 is 0 Å². The molecular formula is C50H40O. The summed E-state index contributed by atoms with van der Waals surface area (Å²) in [5.41, 5.74) is 12.4. The molecule has 0 saturated heterocycles. The summed E-state index contributed by atoms with van der Waals surface area (Å²) < 4.78 is 6.66. The number of allylic oxidation sites excluding steroid dienone is 10. The molecule has 1 nitrogen and oxygen atoms in total. The summed E-state index contributed by atoms with van der Waals surface area (Å²) >= 11 is 0. The van der Waals surface area contributed by atoms with Gasteiger partial charge in [-0.1, -0.05) is 140 Å². The Kier molecular flexibility index (Phi) is 6.66. The van der Waals surface area contributed by atoms with Crippen molar-refractivity contribution in [3.8, 4) is 11.1 Å². The van der Waals surface area contributed by atoms with Crippen LogP contribution >= 0.6 is 0 Å². The van der Waals surface area contributed by atoms with E-state index in [1.165, 1.54) is 65.4 Å². The molecule has 0 bridgehead atoms. The fourth-order valence-electron chi connectivity index (χ4n) is 10.1. The van der Waals surface area contributed by atoms with Crippen LogP contribution < -0.4 is 21.1 Å². The lowest BCUT2D eigenvalue weighted by Gasteiger charge is -2.37. The van der Waals surface area contributed by atoms with E-state index in [1.807, 2.05) is 0 Å². The minimum absolute atomic E-state index is 0.264. The van der Waals surface area contributed by atoms with Crippen LogP contribution in [0.5, 0.6) is 0 Å². The Morgan fingerprint density at radius 3 is 2.33 bits per heavy atom. The van der Waals surface area contributed by atoms with Crippen LogP contribution in [-0.4, -0.2) is 0 Å². The van der Waals surface area contributed by atoms with Crippen LogP contribution in [0.15, 0.2) is 150 Å². The van der Waals surface area contributed by atoms with Crippen molar-refractivity contribution < 1.29 is 4.42 Å². The highest BCUT2D eigenvalue weighted by molar-refractivity contribution is 5.88. The highest BCUT2D eigenvalue weighted by atomic mass is 16.3. The summed E-state index contributed by atoms with van der Waals surface area (Å²) in [7, 11) is 0. The largest absolute Gasteiger partial charge is 0.461 e. The molecule has 4 aromatic carbocycles. The van der Waals surface area contributed by atoms with E-state index < -0.39 is 0 Å². The first kappa shape index (κ1) is 29.3. The Bertz CT molecular complexity index is 2700. The van der Waals surface area contributed by atoms with Crippen molar-refractivity contribution >= 4 is 34.1 Å². The highest BCUT2D eigenvalue weighted by Gasteiger charge is 2.35. The van der Waals surface area contributed by atoms with Crippen molar-refractivity contribution in [1.29, 1.82) is 0 Å². The standard InChI is InChI=1S/C50H40O/c1-3-12-34-27-38(19-17-31(34)9-1)48-41-15-7-8-16-42(41)49(39-20-18-32-10-2-4-13-35(32)28-39)45-29-36(21-24-43(45)48)37-22-25-44-47(30-37)51-46-26-23-33-11-5-6-14-40(33)50(44)46/h1-16,18-21,24-25,28-31,34,37,41-42H,17,22-23,26-27H2. The van der Waals surface area contributed by atoms with E-state index >= 15 is 0 Å². The molecule has 246 valence electrons. The maximum absolute atomic E-state index is 6.66. The van der Waals surface area contributed by atoms with Gasteiger partial charge in [0.2, 0.25) is 0 Å². The van der Waals surface area contributed by atoms with Crippen LogP contribution in [0.3, 0.4) is 0 Å². The highest BCUT2D eigenvalue weighted by Crippen LogP contribution is 2.45. The van der Waals surface area contributed by atoms with Crippen molar-refractivity contribution in [1.82, 2.24) is 0 Å². The maximum Gasteiger partial charge on any atom is 0.131 e. The lowest BCUT2D eigenvalue weighted by atomic mass is 9.66. The zero-order valence-electron chi connectivity index (χ0n) is 28.8. The summed E-state index contributed by atoms with van der Waals surface area (Å²) in [6.07, 6.45) is 31.5. The zero-order chi connectivity index (χ0) is 33.5. The van der Waals surface area contributed by atoms with Gasteiger partial charge in [0.15, 0.2) is 0 Å². The van der Waals surface area contributed by atoms with E-state index in [1.54, 1.807) is 5.57 Å². The van der Waals surface area contributed by atoms with Gasteiger partial charge in [0, 0.05) is 35.0 Å². The van der Waals surface area contributed by atoms with Gasteiger partial charge in [-0.25, -0.2) is 0 Å². The molecule has 5 atom stereocenters. The molecule has 0 radical (unpaired) electrons. The summed E-state index contributed by atoms with van der Waals surface area (Å²) in [6.45, 7) is 0. The van der Waals surface area contributed by atoms with Crippen molar-refractivity contribution in [3.63, 3.8) is 0 Å². The molecule has 1 heteroatoms. The second kappa shape index (κ2) is 11.6. The lowest BCUT2D eigenvalue weighted by Crippen LogP contribution is -2.41. The fourth-order valence-corrected chi connectivity index (χ4v) is 10.1. The molecule has 11 rings (SSSR count). The minimum atomic E-state index is 0.264. The number of benzene rings is 4. The maximum atomic E-state index is 6.66. The predicted molar refractivity (Wildman–Crippen MR) is 210 cm³/mol. The third-order valence-electron chi connectivity index (χ3n) is 12.6. The molecule has 5 aromatic rings. The number of furan rings is 1. The Balaban J connectivity index is 1.13. The Morgan fingerprint density at radius 2 is 1.41 bits per heavy atom. The number of aryl methyl sites for hydroxylation is 2. The molecule has 0 N–H and O–H groups in total. The Labute approximate surface area is 299 Å². The van der Waals surface area contributed by atoms with Gasteiger partial charge in [-0.2, -0.15) is 0 Å². The molecule has 5 unspecified atom stereocenters. The summed E-state index contributed by atoms with van der Waals surface area (Å²) in [5, 5.41) is 6.69. The molecule has 6 aliphatic carbocycles. The molecular weight excluding hydrogens is 617 g/mol. The van der Waals surface area contributed by atoms with Crippen molar-refractivity contribution in [2.45, 2.75) is 38.0 Å². The summed E-state index contributed by atoms with van der Waals surface area (Å²) in [5.74, 6) is 3.20. The van der Waals surface area contributed by atoms with E-state index in [2.05, 4.69) is 152 Å². The molecule has 1 aromatic heterocycles.